The number of likely N-dealkylation sites (N-methyl/N-ethyl adjacent to an activating group) is 1. The quantitative estimate of drug-likeness (QED) is 0.818. The van der Waals surface area contributed by atoms with Crippen molar-refractivity contribution in [3.05, 3.63) is 58.9 Å². The molecule has 1 aromatic heterocycles. The molecule has 106 valence electrons. The minimum absolute atomic E-state index is 0.388. The third-order valence-electron chi connectivity index (χ3n) is 3.26. The standard InChI is InChI=1S/C16H19ClN2S/c1-12-5-3-4-6-16(12)20-11-14(18-2)9-13-7-8-19-10-15(13)17/h3-8,10,14,18H,9,11H2,1-2H3. The molecular weight excluding hydrogens is 288 g/mol. The third-order valence-corrected chi connectivity index (χ3v) is 4.94. The summed E-state index contributed by atoms with van der Waals surface area (Å²) in [5.74, 6) is 1.01. The number of nitrogens with one attached hydrogen (secondary N) is 1. The van der Waals surface area contributed by atoms with Gasteiger partial charge in [-0.3, -0.25) is 4.98 Å². The third kappa shape index (κ3) is 4.23. The molecule has 0 bridgehead atoms. The number of benzene rings is 1. The first-order chi connectivity index (χ1) is 9.70. The Labute approximate surface area is 130 Å². The molecule has 0 saturated carbocycles. The predicted molar refractivity (Wildman–Crippen MR) is 87.7 cm³/mol. The van der Waals surface area contributed by atoms with Crippen LogP contribution < -0.4 is 5.32 Å². The Morgan fingerprint density at radius 1 is 1.30 bits per heavy atom. The maximum atomic E-state index is 6.17. The van der Waals surface area contributed by atoms with Crippen molar-refractivity contribution in [3.63, 3.8) is 0 Å². The van der Waals surface area contributed by atoms with Gasteiger partial charge in [0.25, 0.3) is 0 Å². The van der Waals surface area contributed by atoms with Gasteiger partial charge in [-0.15, -0.1) is 11.8 Å². The lowest BCUT2D eigenvalue weighted by atomic mass is 10.1. The normalized spacial score (nSPS) is 12.3. The summed E-state index contributed by atoms with van der Waals surface area (Å²) in [7, 11) is 2.00. The fraction of sp³-hybridized carbons (Fsp3) is 0.312. The number of nitrogens with zero attached hydrogens (tertiary/aromatic N) is 1. The number of thioether (sulfide) groups is 1. The van der Waals surface area contributed by atoms with Crippen molar-refractivity contribution in [2.75, 3.05) is 12.8 Å². The number of rotatable bonds is 6. The van der Waals surface area contributed by atoms with Gasteiger partial charge < -0.3 is 5.32 Å². The van der Waals surface area contributed by atoms with Gasteiger partial charge in [0.15, 0.2) is 0 Å². The maximum absolute atomic E-state index is 6.17. The van der Waals surface area contributed by atoms with E-state index in [4.69, 9.17) is 11.6 Å². The second-order valence-electron chi connectivity index (χ2n) is 4.73. The minimum Gasteiger partial charge on any atom is -0.316 e. The molecule has 0 fully saturated rings. The van der Waals surface area contributed by atoms with E-state index >= 15 is 0 Å². The van der Waals surface area contributed by atoms with Crippen LogP contribution in [0.15, 0.2) is 47.6 Å². The number of hydrogen-bond acceptors (Lipinski definition) is 3. The highest BCUT2D eigenvalue weighted by molar-refractivity contribution is 7.99. The maximum Gasteiger partial charge on any atom is 0.0621 e. The van der Waals surface area contributed by atoms with Crippen LogP contribution in [0.5, 0.6) is 0 Å². The topological polar surface area (TPSA) is 24.9 Å². The van der Waals surface area contributed by atoms with E-state index < -0.39 is 0 Å². The number of halogens is 1. The molecule has 1 unspecified atom stereocenters. The molecule has 0 radical (unpaired) electrons. The van der Waals surface area contributed by atoms with E-state index in [0.717, 1.165) is 22.8 Å². The molecule has 1 aromatic carbocycles. The van der Waals surface area contributed by atoms with Gasteiger partial charge in [0.05, 0.1) is 5.02 Å². The molecule has 20 heavy (non-hydrogen) atoms. The first-order valence-electron chi connectivity index (χ1n) is 6.64. The molecule has 0 aliphatic carbocycles. The number of aryl methyl sites for hydroxylation is 1. The van der Waals surface area contributed by atoms with E-state index in [2.05, 4.69) is 41.5 Å². The van der Waals surface area contributed by atoms with Gasteiger partial charge in [0.1, 0.15) is 0 Å². The van der Waals surface area contributed by atoms with E-state index in [9.17, 15) is 0 Å². The number of pyridine rings is 1. The molecule has 2 rings (SSSR count). The zero-order valence-electron chi connectivity index (χ0n) is 11.8. The monoisotopic (exact) mass is 306 g/mol. The Hall–Kier alpha value is -1.03. The van der Waals surface area contributed by atoms with E-state index in [-0.39, 0.29) is 0 Å². The SMILES string of the molecule is CNC(CSc1ccccc1C)Cc1ccncc1Cl. The molecular formula is C16H19ClN2S. The number of hydrogen-bond donors (Lipinski definition) is 1. The van der Waals surface area contributed by atoms with Crippen LogP contribution in [0.1, 0.15) is 11.1 Å². The summed E-state index contributed by atoms with van der Waals surface area (Å²) in [5.41, 5.74) is 2.47. The fourth-order valence-electron chi connectivity index (χ4n) is 1.99. The van der Waals surface area contributed by atoms with Gasteiger partial charge in [-0.05, 0) is 43.7 Å². The molecule has 0 aliphatic heterocycles. The Kier molecular flexibility index (Phi) is 5.89. The highest BCUT2D eigenvalue weighted by Crippen LogP contribution is 2.24. The second kappa shape index (κ2) is 7.67. The summed E-state index contributed by atoms with van der Waals surface area (Å²) in [6.07, 6.45) is 4.41. The van der Waals surface area contributed by atoms with Gasteiger partial charge in [-0.1, -0.05) is 29.8 Å². The van der Waals surface area contributed by atoms with Gasteiger partial charge in [0, 0.05) is 29.1 Å². The second-order valence-corrected chi connectivity index (χ2v) is 6.20. The van der Waals surface area contributed by atoms with E-state index in [1.807, 2.05) is 24.9 Å². The Morgan fingerprint density at radius 2 is 2.10 bits per heavy atom. The summed E-state index contributed by atoms with van der Waals surface area (Å²) >= 11 is 8.05. The molecule has 1 N–H and O–H groups in total. The predicted octanol–water partition coefficient (Wildman–Crippen LogP) is 3.97. The lowest BCUT2D eigenvalue weighted by Gasteiger charge is -2.17. The Morgan fingerprint density at radius 3 is 2.80 bits per heavy atom. The first kappa shape index (κ1) is 15.4. The Balaban J connectivity index is 1.96. The molecule has 4 heteroatoms. The average molecular weight is 307 g/mol. The summed E-state index contributed by atoms with van der Waals surface area (Å²) in [6.45, 7) is 2.15. The summed E-state index contributed by atoms with van der Waals surface area (Å²) in [5, 5.41) is 4.11. The van der Waals surface area contributed by atoms with Crippen molar-refractivity contribution >= 4 is 23.4 Å². The first-order valence-corrected chi connectivity index (χ1v) is 8.01. The molecule has 1 heterocycles. The van der Waals surface area contributed by atoms with Gasteiger partial charge in [0.2, 0.25) is 0 Å². The van der Waals surface area contributed by atoms with Crippen LogP contribution in [-0.2, 0) is 6.42 Å². The van der Waals surface area contributed by atoms with Crippen molar-refractivity contribution in [3.8, 4) is 0 Å². The largest absolute Gasteiger partial charge is 0.316 e. The molecule has 0 saturated heterocycles. The lowest BCUT2D eigenvalue weighted by Crippen LogP contribution is -2.30. The zero-order valence-corrected chi connectivity index (χ0v) is 13.3. The molecule has 2 aromatic rings. The number of aromatic nitrogens is 1. The Bertz CT molecular complexity index is 560. The van der Waals surface area contributed by atoms with Crippen molar-refractivity contribution in [1.29, 1.82) is 0 Å². The van der Waals surface area contributed by atoms with Crippen molar-refractivity contribution in [2.24, 2.45) is 0 Å². The van der Waals surface area contributed by atoms with Crippen molar-refractivity contribution in [1.82, 2.24) is 10.3 Å². The van der Waals surface area contributed by atoms with Crippen LogP contribution in [0, 0.1) is 6.92 Å². The smallest absolute Gasteiger partial charge is 0.0621 e. The fourth-order valence-corrected chi connectivity index (χ4v) is 3.32. The highest BCUT2D eigenvalue weighted by Gasteiger charge is 2.11. The van der Waals surface area contributed by atoms with Gasteiger partial charge >= 0.3 is 0 Å². The van der Waals surface area contributed by atoms with Crippen molar-refractivity contribution in [2.45, 2.75) is 24.3 Å². The minimum atomic E-state index is 0.388. The highest BCUT2D eigenvalue weighted by atomic mass is 35.5. The molecule has 1 atom stereocenters. The molecule has 2 nitrogen and oxygen atoms in total. The van der Waals surface area contributed by atoms with Crippen LogP contribution in [-0.4, -0.2) is 23.8 Å². The summed E-state index contributed by atoms with van der Waals surface area (Å²) in [4.78, 5) is 5.37. The summed E-state index contributed by atoms with van der Waals surface area (Å²) in [6, 6.07) is 10.9. The molecule has 0 amide bonds. The van der Waals surface area contributed by atoms with Gasteiger partial charge in [-0.25, -0.2) is 0 Å². The lowest BCUT2D eigenvalue weighted by molar-refractivity contribution is 0.617. The van der Waals surface area contributed by atoms with E-state index in [1.165, 1.54) is 10.5 Å². The summed E-state index contributed by atoms with van der Waals surface area (Å²) < 4.78 is 0. The molecule has 0 aliphatic rings. The van der Waals surface area contributed by atoms with E-state index in [0.29, 0.717) is 6.04 Å². The van der Waals surface area contributed by atoms with Crippen LogP contribution in [0.4, 0.5) is 0 Å². The molecule has 0 spiro atoms. The van der Waals surface area contributed by atoms with Crippen molar-refractivity contribution < 1.29 is 0 Å². The van der Waals surface area contributed by atoms with Gasteiger partial charge in [-0.2, -0.15) is 0 Å². The van der Waals surface area contributed by atoms with E-state index in [1.54, 1.807) is 12.4 Å². The zero-order chi connectivity index (χ0) is 14.4. The van der Waals surface area contributed by atoms with Crippen LogP contribution in [0.3, 0.4) is 0 Å². The van der Waals surface area contributed by atoms with Crippen LogP contribution in [0.25, 0.3) is 0 Å². The van der Waals surface area contributed by atoms with Crippen LogP contribution in [0.2, 0.25) is 5.02 Å². The van der Waals surface area contributed by atoms with Crippen LogP contribution >= 0.6 is 23.4 Å². The average Bonchev–Trinajstić information content (AvgIpc) is 2.47.